The minimum atomic E-state index is -0.305. The van der Waals surface area contributed by atoms with Crippen molar-refractivity contribution in [3.8, 4) is 0 Å². The number of hydrogen-bond donors (Lipinski definition) is 0. The Morgan fingerprint density at radius 1 is 0.969 bits per heavy atom. The van der Waals surface area contributed by atoms with Crippen molar-refractivity contribution in [2.24, 2.45) is 0 Å². The zero-order valence-corrected chi connectivity index (χ0v) is 19.1. The molecule has 2 aromatic carbocycles. The molecule has 1 aliphatic heterocycles. The largest absolute Gasteiger partial charge is 0.450 e. The molecule has 1 fully saturated rings. The van der Waals surface area contributed by atoms with Crippen LogP contribution in [-0.4, -0.2) is 69.9 Å². The third-order valence-corrected chi connectivity index (χ3v) is 6.53. The molecule has 2 heterocycles. The molecule has 1 aliphatic rings. The number of carbonyl (C=O) groups excluding carboxylic acids is 2. The molecule has 168 valence electrons. The molecule has 3 aromatic rings. The summed E-state index contributed by atoms with van der Waals surface area (Å²) in [6.07, 6.45) is 0.597. The fraction of sp³-hybridized carbons (Fsp3) is 0.375. The molecule has 8 heteroatoms. The number of fused-ring (bicyclic) bond motifs is 1. The summed E-state index contributed by atoms with van der Waals surface area (Å²) in [6.45, 7) is 5.03. The van der Waals surface area contributed by atoms with Gasteiger partial charge in [-0.2, -0.15) is 0 Å². The molecule has 1 aromatic heterocycles. The highest BCUT2D eigenvalue weighted by molar-refractivity contribution is 7.99. The van der Waals surface area contributed by atoms with Gasteiger partial charge < -0.3 is 19.1 Å². The molecule has 0 bridgehead atoms. The van der Waals surface area contributed by atoms with E-state index in [2.05, 4.69) is 34.9 Å². The summed E-state index contributed by atoms with van der Waals surface area (Å²) in [5.74, 6) is 0.397. The Balaban J connectivity index is 1.38. The Hall–Kier alpha value is -3.00. The van der Waals surface area contributed by atoms with Crippen LogP contribution in [0.4, 0.5) is 4.79 Å². The van der Waals surface area contributed by atoms with Crippen LogP contribution in [0.3, 0.4) is 0 Å². The average molecular weight is 453 g/mol. The third-order valence-electron chi connectivity index (χ3n) is 5.57. The molecule has 2 amide bonds. The van der Waals surface area contributed by atoms with Crippen molar-refractivity contribution in [3.63, 3.8) is 0 Å². The highest BCUT2D eigenvalue weighted by Gasteiger charge is 2.25. The molecule has 0 N–H and O–H groups in total. The number of ether oxygens (including phenoxy) is 1. The van der Waals surface area contributed by atoms with Crippen LogP contribution in [0, 0.1) is 0 Å². The van der Waals surface area contributed by atoms with Crippen LogP contribution in [0.5, 0.6) is 0 Å². The number of thioether (sulfide) groups is 1. The predicted molar refractivity (Wildman–Crippen MR) is 126 cm³/mol. The first-order valence-corrected chi connectivity index (χ1v) is 12.0. The zero-order chi connectivity index (χ0) is 22.3. The molecule has 1 saturated heterocycles. The van der Waals surface area contributed by atoms with Gasteiger partial charge in [-0.1, -0.05) is 54.2 Å². The van der Waals surface area contributed by atoms with E-state index in [0.717, 1.165) is 29.2 Å². The number of benzene rings is 2. The molecule has 0 radical (unpaired) electrons. The van der Waals surface area contributed by atoms with E-state index in [-0.39, 0.29) is 12.0 Å². The third kappa shape index (κ3) is 5.24. The monoisotopic (exact) mass is 452 g/mol. The fourth-order valence-electron chi connectivity index (χ4n) is 3.84. The summed E-state index contributed by atoms with van der Waals surface area (Å²) in [7, 11) is 0. The number of hydrogen-bond acceptors (Lipinski definition) is 5. The molecule has 32 heavy (non-hydrogen) atoms. The van der Waals surface area contributed by atoms with Gasteiger partial charge in [0.05, 0.1) is 23.4 Å². The lowest BCUT2D eigenvalue weighted by molar-refractivity contribution is -0.129. The summed E-state index contributed by atoms with van der Waals surface area (Å²) in [4.78, 5) is 32.9. The summed E-state index contributed by atoms with van der Waals surface area (Å²) in [5.41, 5.74) is 3.30. The Kier molecular flexibility index (Phi) is 7.32. The highest BCUT2D eigenvalue weighted by Crippen LogP contribution is 2.25. The van der Waals surface area contributed by atoms with Crippen molar-refractivity contribution in [1.29, 1.82) is 0 Å². The number of aryl methyl sites for hydroxylation is 2. The first-order chi connectivity index (χ1) is 15.7. The minimum Gasteiger partial charge on any atom is -0.450 e. The van der Waals surface area contributed by atoms with E-state index in [1.807, 2.05) is 29.2 Å². The van der Waals surface area contributed by atoms with E-state index in [1.54, 1.807) is 11.8 Å². The zero-order valence-electron chi connectivity index (χ0n) is 18.3. The molecule has 0 aliphatic carbocycles. The van der Waals surface area contributed by atoms with Crippen molar-refractivity contribution in [1.82, 2.24) is 19.4 Å². The standard InChI is InChI=1S/C24H28N4O3S/c1-2-31-24(30)27-16-14-26(15-17-27)22(29)18-32-23-25-20-10-6-7-11-21(20)28(23)13-12-19-8-4-3-5-9-19/h3-11H,2,12-18H2,1H3. The number of imidazole rings is 1. The number of rotatable bonds is 7. The first kappa shape index (κ1) is 22.2. The smallest absolute Gasteiger partial charge is 0.409 e. The molecular weight excluding hydrogens is 424 g/mol. The van der Waals surface area contributed by atoms with Gasteiger partial charge >= 0.3 is 6.09 Å². The summed E-state index contributed by atoms with van der Waals surface area (Å²) < 4.78 is 7.26. The second-order valence-corrected chi connectivity index (χ2v) is 8.57. The van der Waals surface area contributed by atoms with Crippen LogP contribution in [0.2, 0.25) is 0 Å². The summed E-state index contributed by atoms with van der Waals surface area (Å²) >= 11 is 1.48. The second kappa shape index (κ2) is 10.5. The Labute approximate surface area is 192 Å². The highest BCUT2D eigenvalue weighted by atomic mass is 32.2. The van der Waals surface area contributed by atoms with Crippen LogP contribution >= 0.6 is 11.8 Å². The van der Waals surface area contributed by atoms with Crippen LogP contribution in [0.1, 0.15) is 12.5 Å². The minimum absolute atomic E-state index is 0.0696. The van der Waals surface area contributed by atoms with Crippen LogP contribution in [0.15, 0.2) is 59.8 Å². The normalized spacial score (nSPS) is 14.0. The van der Waals surface area contributed by atoms with Crippen LogP contribution in [0.25, 0.3) is 11.0 Å². The maximum atomic E-state index is 12.8. The van der Waals surface area contributed by atoms with E-state index >= 15 is 0 Å². The number of para-hydroxylation sites is 2. The van der Waals surface area contributed by atoms with Gasteiger partial charge in [0.15, 0.2) is 5.16 Å². The Morgan fingerprint density at radius 3 is 2.41 bits per heavy atom. The van der Waals surface area contributed by atoms with E-state index in [9.17, 15) is 9.59 Å². The maximum absolute atomic E-state index is 12.8. The van der Waals surface area contributed by atoms with Crippen molar-refractivity contribution in [2.45, 2.75) is 25.0 Å². The molecule has 4 rings (SSSR count). The van der Waals surface area contributed by atoms with Gasteiger partial charge in [-0.05, 0) is 31.0 Å². The lowest BCUT2D eigenvalue weighted by Gasteiger charge is -2.34. The first-order valence-electron chi connectivity index (χ1n) is 11.0. The molecular formula is C24H28N4O3S. The van der Waals surface area contributed by atoms with Crippen molar-refractivity contribution >= 4 is 34.8 Å². The molecule has 0 saturated carbocycles. The van der Waals surface area contributed by atoms with Gasteiger partial charge in [0.2, 0.25) is 5.91 Å². The lowest BCUT2D eigenvalue weighted by atomic mass is 10.1. The number of aromatic nitrogens is 2. The Bertz CT molecular complexity index is 1060. The van der Waals surface area contributed by atoms with E-state index in [4.69, 9.17) is 9.72 Å². The summed E-state index contributed by atoms with van der Waals surface area (Å²) in [5, 5.41) is 0.862. The fourth-order valence-corrected chi connectivity index (χ4v) is 4.78. The topological polar surface area (TPSA) is 67.7 Å². The van der Waals surface area contributed by atoms with Gasteiger partial charge in [0, 0.05) is 32.7 Å². The van der Waals surface area contributed by atoms with Crippen LogP contribution in [-0.2, 0) is 22.5 Å². The van der Waals surface area contributed by atoms with Gasteiger partial charge in [0.25, 0.3) is 0 Å². The van der Waals surface area contributed by atoms with Gasteiger partial charge in [-0.15, -0.1) is 0 Å². The molecule has 0 unspecified atom stereocenters. The van der Waals surface area contributed by atoms with Gasteiger partial charge in [0.1, 0.15) is 0 Å². The lowest BCUT2D eigenvalue weighted by Crippen LogP contribution is -2.51. The van der Waals surface area contributed by atoms with Crippen molar-refractivity contribution in [2.75, 3.05) is 38.5 Å². The van der Waals surface area contributed by atoms with E-state index in [1.165, 1.54) is 17.3 Å². The number of carbonyl (C=O) groups is 2. The summed E-state index contributed by atoms with van der Waals surface area (Å²) in [6, 6.07) is 18.5. The average Bonchev–Trinajstić information content (AvgIpc) is 3.19. The van der Waals surface area contributed by atoms with Gasteiger partial charge in [-0.25, -0.2) is 9.78 Å². The SMILES string of the molecule is CCOC(=O)N1CCN(C(=O)CSc2nc3ccccc3n2CCc2ccccc2)CC1. The maximum Gasteiger partial charge on any atom is 0.409 e. The second-order valence-electron chi connectivity index (χ2n) is 7.63. The Morgan fingerprint density at radius 2 is 1.66 bits per heavy atom. The predicted octanol–water partition coefficient (Wildman–Crippen LogP) is 3.67. The quantitative estimate of drug-likeness (QED) is 0.512. The van der Waals surface area contributed by atoms with Gasteiger partial charge in [-0.3, -0.25) is 4.79 Å². The molecule has 0 atom stereocenters. The van der Waals surface area contributed by atoms with Crippen molar-refractivity contribution in [3.05, 3.63) is 60.2 Å². The number of piperazine rings is 1. The molecule has 0 spiro atoms. The number of amides is 2. The molecule has 7 nitrogen and oxygen atoms in total. The van der Waals surface area contributed by atoms with Crippen molar-refractivity contribution < 1.29 is 14.3 Å². The number of nitrogens with zero attached hydrogens (tertiary/aromatic N) is 4. The van der Waals surface area contributed by atoms with E-state index in [0.29, 0.717) is 38.5 Å². The van der Waals surface area contributed by atoms with E-state index < -0.39 is 0 Å². The van der Waals surface area contributed by atoms with Crippen LogP contribution < -0.4 is 0 Å².